The molecule has 0 aliphatic carbocycles. The molecule has 120 valence electrons. The van der Waals surface area contributed by atoms with Gasteiger partial charge >= 0.3 is 138 Å². The zero-order valence-corrected chi connectivity index (χ0v) is 18.3. The molecule has 0 aliphatic heterocycles. The molecule has 0 saturated heterocycles. The maximum absolute atomic E-state index is 4.18. The van der Waals surface area contributed by atoms with Gasteiger partial charge in [0, 0.05) is 0 Å². The van der Waals surface area contributed by atoms with Gasteiger partial charge in [0.15, 0.2) is 0 Å². The zero-order chi connectivity index (χ0) is 15.4. The van der Waals surface area contributed by atoms with Crippen LogP contribution in [0.1, 0.15) is 64.9 Å². The van der Waals surface area contributed by atoms with E-state index >= 15 is 0 Å². The monoisotopic (exact) mass is 485 g/mol. The average Bonchev–Trinajstić information content (AvgIpc) is 2.54. The van der Waals surface area contributed by atoms with Gasteiger partial charge < -0.3 is 0 Å². The SMILES string of the molecule is CCC[CH2][Pb]([CH2]CCC)([CH2]CCC)[NH]Cc1ccccc1. The minimum atomic E-state index is -2.28. The summed E-state index contributed by atoms with van der Waals surface area (Å²) in [7, 11) is 0. The van der Waals surface area contributed by atoms with Crippen molar-refractivity contribution >= 4 is 21.5 Å². The third kappa shape index (κ3) is 7.78. The molecule has 0 spiro atoms. The first-order chi connectivity index (χ1) is 10.3. The summed E-state index contributed by atoms with van der Waals surface area (Å²) in [5.74, 6) is 0. The maximum atomic E-state index is 4.18. The van der Waals surface area contributed by atoms with Crippen molar-refractivity contribution in [1.82, 2.24) is 3.13 Å². The van der Waals surface area contributed by atoms with E-state index in [0.717, 1.165) is 6.54 Å². The van der Waals surface area contributed by atoms with Gasteiger partial charge in [-0.3, -0.25) is 0 Å². The van der Waals surface area contributed by atoms with Crippen molar-refractivity contribution < 1.29 is 0 Å². The molecule has 0 bridgehead atoms. The molecule has 0 amide bonds. The van der Waals surface area contributed by atoms with Crippen molar-refractivity contribution in [2.24, 2.45) is 0 Å². The third-order valence-corrected chi connectivity index (χ3v) is 23.4. The Hall–Kier alpha value is 0.102. The summed E-state index contributed by atoms with van der Waals surface area (Å²) in [6, 6.07) is 11.0. The van der Waals surface area contributed by atoms with Gasteiger partial charge in [0.05, 0.1) is 0 Å². The van der Waals surface area contributed by atoms with Crippen LogP contribution in [0.3, 0.4) is 0 Å². The van der Waals surface area contributed by atoms with Gasteiger partial charge in [0.1, 0.15) is 0 Å². The van der Waals surface area contributed by atoms with Crippen molar-refractivity contribution in [2.75, 3.05) is 0 Å². The second-order valence-electron chi connectivity index (χ2n) is 6.43. The van der Waals surface area contributed by atoms with Gasteiger partial charge in [0.2, 0.25) is 0 Å². The molecule has 21 heavy (non-hydrogen) atoms. The number of hydrogen-bond donors (Lipinski definition) is 1. The minimum absolute atomic E-state index is 1.11. The van der Waals surface area contributed by atoms with E-state index in [0.29, 0.717) is 0 Å². The fraction of sp³-hybridized carbons (Fsp3) is 0.684. The summed E-state index contributed by atoms with van der Waals surface area (Å²) in [4.78, 5) is 0. The van der Waals surface area contributed by atoms with Crippen molar-refractivity contribution in [3.05, 3.63) is 35.9 Å². The van der Waals surface area contributed by atoms with Crippen LogP contribution in [0.4, 0.5) is 0 Å². The van der Waals surface area contributed by atoms with E-state index in [1.54, 1.807) is 11.9 Å². The van der Waals surface area contributed by atoms with Crippen molar-refractivity contribution in [3.8, 4) is 0 Å². The molecule has 0 aliphatic rings. The van der Waals surface area contributed by atoms with Crippen LogP contribution in [0.15, 0.2) is 30.3 Å². The van der Waals surface area contributed by atoms with Crippen molar-refractivity contribution in [3.63, 3.8) is 0 Å². The molecule has 1 nitrogen and oxygen atoms in total. The molecule has 1 rings (SSSR count). The van der Waals surface area contributed by atoms with Gasteiger partial charge in [-0.1, -0.05) is 0 Å². The molecule has 1 N–H and O–H groups in total. The third-order valence-electron chi connectivity index (χ3n) is 4.54. The van der Waals surface area contributed by atoms with E-state index < -0.39 is 21.5 Å². The molecule has 0 radical (unpaired) electrons. The molecular formula is C19H35NPb. The number of hydrogen-bond acceptors (Lipinski definition) is 1. The molecule has 2 heteroatoms. The number of rotatable bonds is 12. The fourth-order valence-electron chi connectivity index (χ4n) is 3.07. The van der Waals surface area contributed by atoms with Crippen molar-refractivity contribution in [1.29, 1.82) is 0 Å². The molecule has 0 atom stereocenters. The summed E-state index contributed by atoms with van der Waals surface area (Å²) in [5.41, 5.74) is 1.46. The second-order valence-corrected chi connectivity index (χ2v) is 23.6. The van der Waals surface area contributed by atoms with Crippen LogP contribution >= 0.6 is 0 Å². The first-order valence-corrected chi connectivity index (χ1v) is 19.2. The topological polar surface area (TPSA) is 12.0 Å². The van der Waals surface area contributed by atoms with E-state index in [2.05, 4.69) is 54.2 Å². The molecule has 0 heterocycles. The van der Waals surface area contributed by atoms with Crippen LogP contribution in [0.5, 0.6) is 0 Å². The summed E-state index contributed by atoms with van der Waals surface area (Å²) in [6.45, 7) is 8.14. The zero-order valence-electron chi connectivity index (χ0n) is 14.5. The Morgan fingerprint density at radius 3 is 1.67 bits per heavy atom. The quantitative estimate of drug-likeness (QED) is 0.352. The molecule has 0 aromatic heterocycles. The van der Waals surface area contributed by atoms with Crippen molar-refractivity contribution in [2.45, 2.75) is 77.8 Å². The van der Waals surface area contributed by atoms with E-state index in [4.69, 9.17) is 0 Å². The normalized spacial score (nSPS) is 11.8. The molecule has 0 unspecified atom stereocenters. The van der Waals surface area contributed by atoms with Gasteiger partial charge in [-0.2, -0.15) is 0 Å². The first kappa shape index (κ1) is 19.1. The number of nitrogens with one attached hydrogen (secondary N) is 1. The molecule has 0 saturated carbocycles. The van der Waals surface area contributed by atoms with Crippen LogP contribution in [0.25, 0.3) is 0 Å². The van der Waals surface area contributed by atoms with Crippen LogP contribution in [-0.4, -0.2) is 21.5 Å². The molecule has 1 aromatic carbocycles. The predicted octanol–water partition coefficient (Wildman–Crippen LogP) is 6.12. The van der Waals surface area contributed by atoms with Gasteiger partial charge in [-0.05, 0) is 0 Å². The van der Waals surface area contributed by atoms with Crippen LogP contribution in [0, 0.1) is 0 Å². The van der Waals surface area contributed by atoms with Crippen LogP contribution < -0.4 is 3.13 Å². The standard InChI is InChI=1S/C7H8N.3C4H9.Pb/c8-6-7-4-2-1-3-5-7;3*1-3-4-2;/h1-5,8H,6H2;3*1,3-4H2,2H3;/q-1;;;;+1. The predicted molar refractivity (Wildman–Crippen MR) is 98.2 cm³/mol. The summed E-state index contributed by atoms with van der Waals surface area (Å²) >= 11 is -2.28. The van der Waals surface area contributed by atoms with E-state index in [9.17, 15) is 0 Å². The Morgan fingerprint density at radius 2 is 1.24 bits per heavy atom. The van der Waals surface area contributed by atoms with Crippen LogP contribution in [-0.2, 0) is 6.54 Å². The second kappa shape index (κ2) is 11.6. The molecular weight excluding hydrogens is 449 g/mol. The van der Waals surface area contributed by atoms with Crippen LogP contribution in [0.2, 0.25) is 11.9 Å². The molecule has 1 aromatic rings. The number of unbranched alkanes of at least 4 members (excludes halogenated alkanes) is 3. The Balaban J connectivity index is 2.69. The van der Waals surface area contributed by atoms with E-state index in [1.165, 1.54) is 44.1 Å². The Bertz CT molecular complexity index is 328. The summed E-state index contributed by atoms with van der Waals surface area (Å²) in [5, 5.41) is 0. The van der Waals surface area contributed by atoms with Gasteiger partial charge in [-0.15, -0.1) is 0 Å². The van der Waals surface area contributed by atoms with Gasteiger partial charge in [0.25, 0.3) is 0 Å². The summed E-state index contributed by atoms with van der Waals surface area (Å²) in [6.07, 6.45) is 8.39. The summed E-state index contributed by atoms with van der Waals surface area (Å²) < 4.78 is 8.83. The average molecular weight is 485 g/mol. The Labute approximate surface area is 138 Å². The van der Waals surface area contributed by atoms with E-state index in [-0.39, 0.29) is 0 Å². The fourth-order valence-corrected chi connectivity index (χ4v) is 22.3. The first-order valence-electron chi connectivity index (χ1n) is 9.05. The van der Waals surface area contributed by atoms with Gasteiger partial charge in [-0.25, -0.2) is 0 Å². The number of benzene rings is 1. The molecule has 0 fully saturated rings. The Kier molecular flexibility index (Phi) is 10.6. The van der Waals surface area contributed by atoms with E-state index in [1.807, 2.05) is 0 Å². The Morgan fingerprint density at radius 1 is 0.762 bits per heavy atom.